The Morgan fingerprint density at radius 1 is 1.03 bits per heavy atom. The molecule has 3 rings (SSSR count). The van der Waals surface area contributed by atoms with Crippen LogP contribution in [-0.2, 0) is 23.0 Å². The van der Waals surface area contributed by atoms with Gasteiger partial charge in [0.25, 0.3) is 0 Å². The van der Waals surface area contributed by atoms with E-state index >= 15 is 0 Å². The summed E-state index contributed by atoms with van der Waals surface area (Å²) in [6, 6.07) is 12.1. The van der Waals surface area contributed by atoms with Crippen molar-refractivity contribution in [1.29, 1.82) is 0 Å². The maximum Gasteiger partial charge on any atom is 0.309 e. The first kappa shape index (κ1) is 28.9. The second-order valence-corrected chi connectivity index (χ2v) is 7.53. The minimum atomic E-state index is -0.248. The molecule has 0 spiro atoms. The monoisotopic (exact) mass is 470 g/mol. The van der Waals surface area contributed by atoms with E-state index in [2.05, 4.69) is 35.2 Å². The van der Waals surface area contributed by atoms with Crippen LogP contribution in [0.2, 0.25) is 0 Å². The number of nitrogens with zero attached hydrogens (tertiary/aromatic N) is 3. The number of fused-ring (bicyclic) bond motifs is 1. The Morgan fingerprint density at radius 3 is 2.21 bits per heavy atom. The van der Waals surface area contributed by atoms with E-state index in [0.717, 1.165) is 53.9 Å². The fourth-order valence-electron chi connectivity index (χ4n) is 3.53. The molecule has 3 aromatic rings. The second kappa shape index (κ2) is 15.7. The molecule has 0 fully saturated rings. The third-order valence-corrected chi connectivity index (χ3v) is 5.13. The summed E-state index contributed by atoms with van der Waals surface area (Å²) in [7, 11) is 4.85. The van der Waals surface area contributed by atoms with E-state index in [9.17, 15) is 4.79 Å². The van der Waals surface area contributed by atoms with Gasteiger partial charge in [0.05, 0.1) is 13.5 Å². The van der Waals surface area contributed by atoms with Gasteiger partial charge in [0.1, 0.15) is 11.3 Å². The highest BCUT2D eigenvalue weighted by Crippen LogP contribution is 2.23. The third-order valence-electron chi connectivity index (χ3n) is 5.13. The lowest BCUT2D eigenvalue weighted by Crippen LogP contribution is -2.19. The summed E-state index contributed by atoms with van der Waals surface area (Å²) in [4.78, 5) is 20.9. The van der Waals surface area contributed by atoms with Crippen LogP contribution < -0.4 is 16.4 Å². The number of aromatic nitrogens is 3. The molecule has 0 saturated heterocycles. The Bertz CT molecular complexity index is 979. The van der Waals surface area contributed by atoms with Crippen LogP contribution in [-0.4, -0.2) is 40.7 Å². The summed E-state index contributed by atoms with van der Waals surface area (Å²) < 4.78 is 6.67. The van der Waals surface area contributed by atoms with Crippen molar-refractivity contribution < 1.29 is 9.53 Å². The van der Waals surface area contributed by atoms with Gasteiger partial charge in [0.15, 0.2) is 5.65 Å². The third kappa shape index (κ3) is 8.33. The number of ether oxygens (including phenoxy) is 1. The summed E-state index contributed by atoms with van der Waals surface area (Å²) in [6.07, 6.45) is 4.84. The van der Waals surface area contributed by atoms with E-state index in [-0.39, 0.29) is 12.4 Å². The molecular formula is C26H42N6O2. The van der Waals surface area contributed by atoms with Crippen molar-refractivity contribution in [1.82, 2.24) is 14.5 Å². The second-order valence-electron chi connectivity index (χ2n) is 7.53. The average Bonchev–Trinajstić information content (AvgIpc) is 3.17. The van der Waals surface area contributed by atoms with E-state index in [1.165, 1.54) is 14.2 Å². The number of rotatable bonds is 10. The quantitative estimate of drug-likeness (QED) is 0.340. The van der Waals surface area contributed by atoms with E-state index < -0.39 is 0 Å². The topological polar surface area (TPSA) is 107 Å². The van der Waals surface area contributed by atoms with Crippen molar-refractivity contribution in [2.45, 2.75) is 65.8 Å². The minimum absolute atomic E-state index is 0.248. The molecule has 0 atom stereocenters. The number of hydrogen-bond acceptors (Lipinski definition) is 7. The lowest BCUT2D eigenvalue weighted by molar-refractivity contribution is -0.139. The Labute approximate surface area is 204 Å². The molecule has 8 nitrogen and oxygen atoms in total. The molecule has 34 heavy (non-hydrogen) atoms. The van der Waals surface area contributed by atoms with Gasteiger partial charge in [-0.05, 0) is 49.7 Å². The van der Waals surface area contributed by atoms with Gasteiger partial charge in [-0.3, -0.25) is 9.36 Å². The summed E-state index contributed by atoms with van der Waals surface area (Å²) >= 11 is 0. The van der Waals surface area contributed by atoms with Crippen molar-refractivity contribution in [3.63, 3.8) is 0 Å². The molecule has 0 bridgehead atoms. The summed E-state index contributed by atoms with van der Waals surface area (Å²) in [5, 5.41) is 6.91. The Balaban J connectivity index is 0.00000137. The van der Waals surface area contributed by atoms with Gasteiger partial charge in [-0.25, -0.2) is 9.97 Å². The van der Waals surface area contributed by atoms with Crippen LogP contribution in [0.3, 0.4) is 0 Å². The standard InChI is InChI=1S/C23H31N5O2.C2H6.CH5N/c1-5-7-17(8-6-2)24-20-14-13-19-22(27-20)28(3)23(26-19)25-18-11-9-16(10-12-18)15-21(29)30-4;2*1-2/h9-14,17H,5-8,15H2,1-4H3,(H,24,27)(H,25,26);1-2H3;2H2,1H3. The van der Waals surface area contributed by atoms with Crippen LogP contribution in [0.5, 0.6) is 0 Å². The number of carbonyl (C=O) groups is 1. The Kier molecular flexibility index (Phi) is 13.3. The maximum atomic E-state index is 11.4. The zero-order valence-corrected chi connectivity index (χ0v) is 21.8. The first-order valence-corrected chi connectivity index (χ1v) is 12.1. The summed E-state index contributed by atoms with van der Waals surface area (Å²) in [6.45, 7) is 8.42. The first-order valence-electron chi connectivity index (χ1n) is 12.1. The minimum Gasteiger partial charge on any atom is -0.469 e. The van der Waals surface area contributed by atoms with Gasteiger partial charge < -0.3 is 21.1 Å². The molecule has 0 saturated carbocycles. The van der Waals surface area contributed by atoms with Crippen molar-refractivity contribution in [3.8, 4) is 0 Å². The molecule has 1 aromatic carbocycles. The Morgan fingerprint density at radius 2 is 1.65 bits per heavy atom. The highest BCUT2D eigenvalue weighted by Gasteiger charge is 2.12. The van der Waals surface area contributed by atoms with Gasteiger partial charge in [-0.15, -0.1) is 0 Å². The van der Waals surface area contributed by atoms with Crippen LogP contribution in [0, 0.1) is 0 Å². The van der Waals surface area contributed by atoms with Gasteiger partial charge >= 0.3 is 5.97 Å². The number of pyridine rings is 1. The average molecular weight is 471 g/mol. The van der Waals surface area contributed by atoms with Crippen molar-refractivity contribution in [2.75, 3.05) is 24.8 Å². The number of imidazole rings is 1. The van der Waals surface area contributed by atoms with Crippen LogP contribution >= 0.6 is 0 Å². The fourth-order valence-corrected chi connectivity index (χ4v) is 3.53. The molecule has 0 aliphatic carbocycles. The first-order chi connectivity index (χ1) is 16.5. The van der Waals surface area contributed by atoms with Crippen molar-refractivity contribution in [3.05, 3.63) is 42.0 Å². The zero-order chi connectivity index (χ0) is 25.5. The molecule has 4 N–H and O–H groups in total. The number of hydrogen-bond donors (Lipinski definition) is 3. The molecule has 2 aromatic heterocycles. The highest BCUT2D eigenvalue weighted by atomic mass is 16.5. The van der Waals surface area contributed by atoms with Crippen molar-refractivity contribution >= 4 is 34.6 Å². The highest BCUT2D eigenvalue weighted by molar-refractivity contribution is 5.78. The molecule has 0 aliphatic rings. The number of benzene rings is 1. The normalized spacial score (nSPS) is 10.1. The number of aryl methyl sites for hydroxylation is 1. The van der Waals surface area contributed by atoms with Gasteiger partial charge in [0.2, 0.25) is 5.95 Å². The summed E-state index contributed by atoms with van der Waals surface area (Å²) in [5.41, 5.74) is 7.97. The number of nitrogens with one attached hydrogen (secondary N) is 2. The number of esters is 1. The number of methoxy groups -OCH3 is 1. The van der Waals surface area contributed by atoms with E-state index in [1.807, 2.05) is 61.9 Å². The maximum absolute atomic E-state index is 11.4. The van der Waals surface area contributed by atoms with Gasteiger partial charge in [-0.2, -0.15) is 0 Å². The molecule has 0 aliphatic heterocycles. The molecule has 8 heteroatoms. The van der Waals surface area contributed by atoms with Crippen LogP contribution in [0.15, 0.2) is 36.4 Å². The number of nitrogens with two attached hydrogens (primary N) is 1. The largest absolute Gasteiger partial charge is 0.469 e. The molecule has 188 valence electrons. The molecule has 0 amide bonds. The molecule has 0 radical (unpaired) electrons. The summed E-state index contributed by atoms with van der Waals surface area (Å²) in [5.74, 6) is 1.35. The predicted molar refractivity (Wildman–Crippen MR) is 143 cm³/mol. The van der Waals surface area contributed by atoms with Crippen LogP contribution in [0.1, 0.15) is 58.9 Å². The van der Waals surface area contributed by atoms with Crippen LogP contribution in [0.25, 0.3) is 11.2 Å². The SMILES string of the molecule is CC.CCCC(CCC)Nc1ccc2nc(Nc3ccc(CC(=O)OC)cc3)n(C)c2n1.CN. The van der Waals surface area contributed by atoms with E-state index in [0.29, 0.717) is 12.0 Å². The molecular weight excluding hydrogens is 428 g/mol. The zero-order valence-electron chi connectivity index (χ0n) is 21.8. The molecule has 2 heterocycles. The van der Waals surface area contributed by atoms with Crippen molar-refractivity contribution in [2.24, 2.45) is 12.8 Å². The van der Waals surface area contributed by atoms with E-state index in [1.54, 1.807) is 0 Å². The van der Waals surface area contributed by atoms with Gasteiger partial charge in [-0.1, -0.05) is 52.7 Å². The smallest absolute Gasteiger partial charge is 0.309 e. The van der Waals surface area contributed by atoms with Crippen LogP contribution in [0.4, 0.5) is 17.5 Å². The lowest BCUT2D eigenvalue weighted by atomic mass is 10.1. The lowest BCUT2D eigenvalue weighted by Gasteiger charge is -2.17. The van der Waals surface area contributed by atoms with Gasteiger partial charge in [0, 0.05) is 18.8 Å². The number of anilines is 3. The fraction of sp³-hybridized carbons (Fsp3) is 0.500. The Hall–Kier alpha value is -3.13. The van der Waals surface area contributed by atoms with E-state index in [4.69, 9.17) is 9.72 Å². The predicted octanol–water partition coefficient (Wildman–Crippen LogP) is 5.41. The number of carbonyl (C=O) groups excluding carboxylic acids is 1. The molecule has 0 unspecified atom stereocenters.